The van der Waals surface area contributed by atoms with Crippen molar-refractivity contribution in [2.75, 3.05) is 18.5 Å². The molecule has 0 heterocycles. The Labute approximate surface area is 241 Å². The molecule has 224 valence electrons. The number of carbonyl (C=O) groups is 2. The molecular formula is C28H32ClF3N2O6S. The number of rotatable bonds is 10. The van der Waals surface area contributed by atoms with Gasteiger partial charge in [-0.05, 0) is 62.1 Å². The van der Waals surface area contributed by atoms with Gasteiger partial charge in [-0.25, -0.2) is 21.6 Å². The van der Waals surface area contributed by atoms with Crippen LogP contribution in [0.3, 0.4) is 0 Å². The Morgan fingerprint density at radius 1 is 1.10 bits per heavy atom. The minimum absolute atomic E-state index is 0.0848. The van der Waals surface area contributed by atoms with Crippen LogP contribution in [0.4, 0.5) is 18.9 Å². The first-order valence-electron chi connectivity index (χ1n) is 13.3. The zero-order chi connectivity index (χ0) is 30.3. The Kier molecular flexibility index (Phi) is 9.08. The molecule has 0 spiro atoms. The van der Waals surface area contributed by atoms with E-state index in [1.165, 1.54) is 12.1 Å². The molecule has 3 aliphatic rings. The number of ether oxygens (including phenoxy) is 1. The van der Waals surface area contributed by atoms with Gasteiger partial charge in [0.2, 0.25) is 0 Å². The van der Waals surface area contributed by atoms with Gasteiger partial charge in [0.15, 0.2) is 27.3 Å². The fraction of sp³-hybridized carbons (Fsp3) is 0.500. The van der Waals surface area contributed by atoms with Crippen molar-refractivity contribution < 1.29 is 41.0 Å². The quantitative estimate of drug-likeness (QED) is 0.266. The molecule has 3 atom stereocenters. The van der Waals surface area contributed by atoms with E-state index in [-0.39, 0.29) is 64.9 Å². The molecule has 0 saturated heterocycles. The van der Waals surface area contributed by atoms with E-state index in [2.05, 4.69) is 10.6 Å². The minimum Gasteiger partial charge on any atom is -0.465 e. The van der Waals surface area contributed by atoms with Gasteiger partial charge in [0.05, 0.1) is 27.4 Å². The van der Waals surface area contributed by atoms with Gasteiger partial charge in [-0.2, -0.15) is 0 Å². The van der Waals surface area contributed by atoms with Crippen molar-refractivity contribution in [1.29, 1.82) is 0 Å². The summed E-state index contributed by atoms with van der Waals surface area (Å²) < 4.78 is 72.8. The second kappa shape index (κ2) is 11.9. The predicted molar refractivity (Wildman–Crippen MR) is 146 cm³/mol. The SMILES string of the molecule is CCOC(=O)[C@@H](NCC1(O)C2CC1CC(S(=O)(=O)c1cc(C(=O)Nc3cc(F)c(F)c(F)c3)ccc1Cl)C2)C(C)C. The Morgan fingerprint density at radius 3 is 2.27 bits per heavy atom. The summed E-state index contributed by atoms with van der Waals surface area (Å²) in [6.07, 6.45) is 0.949. The Balaban J connectivity index is 1.48. The highest BCUT2D eigenvalue weighted by atomic mass is 35.5. The van der Waals surface area contributed by atoms with Gasteiger partial charge < -0.3 is 20.5 Å². The number of halogens is 4. The highest BCUT2D eigenvalue weighted by Crippen LogP contribution is 2.55. The molecular weight excluding hydrogens is 585 g/mol. The molecule has 2 unspecified atom stereocenters. The lowest BCUT2D eigenvalue weighted by Gasteiger charge is -2.58. The van der Waals surface area contributed by atoms with Crippen LogP contribution in [0.25, 0.3) is 0 Å². The number of amides is 1. The fourth-order valence-electron chi connectivity index (χ4n) is 5.77. The van der Waals surface area contributed by atoms with Crippen LogP contribution >= 0.6 is 11.6 Å². The summed E-state index contributed by atoms with van der Waals surface area (Å²) in [6, 6.07) is 4.17. The van der Waals surface area contributed by atoms with Gasteiger partial charge in [0.1, 0.15) is 6.04 Å². The number of sulfone groups is 1. The molecule has 13 heteroatoms. The first kappa shape index (κ1) is 31.3. The summed E-state index contributed by atoms with van der Waals surface area (Å²) in [5.41, 5.74) is -1.68. The van der Waals surface area contributed by atoms with Crippen LogP contribution in [0.1, 0.15) is 50.4 Å². The number of aliphatic hydroxyl groups is 1. The lowest BCUT2D eigenvalue weighted by molar-refractivity contribution is -0.175. The molecule has 0 radical (unpaired) electrons. The molecule has 0 aliphatic heterocycles. The van der Waals surface area contributed by atoms with E-state index in [9.17, 15) is 36.3 Å². The Hall–Kier alpha value is -2.67. The number of fused-ring (bicyclic) bond motifs is 2. The minimum atomic E-state index is -4.05. The van der Waals surface area contributed by atoms with Crippen molar-refractivity contribution in [2.45, 2.75) is 61.8 Å². The molecule has 2 bridgehead atoms. The maximum absolute atomic E-state index is 13.6. The maximum atomic E-state index is 13.6. The van der Waals surface area contributed by atoms with Gasteiger partial charge >= 0.3 is 5.97 Å². The van der Waals surface area contributed by atoms with Crippen LogP contribution in [-0.2, 0) is 19.4 Å². The molecule has 3 aliphatic carbocycles. The molecule has 2 aromatic carbocycles. The van der Waals surface area contributed by atoms with Crippen LogP contribution < -0.4 is 10.6 Å². The van der Waals surface area contributed by atoms with Crippen LogP contribution in [0.2, 0.25) is 5.02 Å². The summed E-state index contributed by atoms with van der Waals surface area (Å²) in [7, 11) is -4.05. The van der Waals surface area contributed by atoms with Crippen molar-refractivity contribution in [3.05, 3.63) is 58.4 Å². The number of hydrogen-bond acceptors (Lipinski definition) is 7. The molecule has 41 heavy (non-hydrogen) atoms. The molecule has 2 aromatic rings. The number of benzene rings is 2. The summed E-state index contributed by atoms with van der Waals surface area (Å²) in [5, 5.41) is 15.7. The van der Waals surface area contributed by atoms with Crippen molar-refractivity contribution in [2.24, 2.45) is 17.8 Å². The highest BCUT2D eigenvalue weighted by Gasteiger charge is 2.60. The topological polar surface area (TPSA) is 122 Å². The monoisotopic (exact) mass is 616 g/mol. The van der Waals surface area contributed by atoms with E-state index in [4.69, 9.17) is 16.3 Å². The molecule has 1 amide bonds. The third-order valence-corrected chi connectivity index (χ3v) is 10.7. The van der Waals surface area contributed by atoms with E-state index in [1.807, 2.05) is 13.8 Å². The van der Waals surface area contributed by atoms with Gasteiger partial charge in [-0.3, -0.25) is 9.59 Å². The van der Waals surface area contributed by atoms with Crippen LogP contribution in [0, 0.1) is 35.2 Å². The second-order valence-electron chi connectivity index (χ2n) is 11.0. The third kappa shape index (κ3) is 6.11. The van der Waals surface area contributed by atoms with Crippen molar-refractivity contribution >= 4 is 39.0 Å². The number of nitrogens with one attached hydrogen (secondary N) is 2. The smallest absolute Gasteiger partial charge is 0.323 e. The highest BCUT2D eigenvalue weighted by molar-refractivity contribution is 7.92. The summed E-state index contributed by atoms with van der Waals surface area (Å²) in [6.45, 7) is 5.77. The lowest BCUT2D eigenvalue weighted by Crippen LogP contribution is -2.67. The zero-order valence-electron chi connectivity index (χ0n) is 22.7. The number of hydrogen-bond donors (Lipinski definition) is 3. The normalized spacial score (nSPS) is 24.5. The molecule has 5 rings (SSSR count). The number of esters is 1. The van der Waals surface area contributed by atoms with Crippen molar-refractivity contribution in [3.63, 3.8) is 0 Å². The standard InChI is InChI=1S/C28H32ClF3N2O6S/c1-4-40-27(36)25(14(2)3)33-13-28(37)16-8-17(28)10-19(9-16)41(38,39)23-7-15(5-6-20(23)29)26(35)34-18-11-21(30)24(32)22(31)12-18/h5-7,11-12,14,16-17,19,25,33,37H,4,8-10,13H2,1-3H3,(H,34,35)/t16?,17?,19?,25-,28?/m0/s1. The Bertz CT molecular complexity index is 1420. The molecule has 3 saturated carbocycles. The van der Waals surface area contributed by atoms with Gasteiger partial charge in [0, 0.05) is 29.9 Å². The average Bonchev–Trinajstić information content (AvgIpc) is 2.91. The molecule has 0 aromatic heterocycles. The Morgan fingerprint density at radius 2 is 1.71 bits per heavy atom. The van der Waals surface area contributed by atoms with Crippen LogP contribution in [0.15, 0.2) is 35.2 Å². The van der Waals surface area contributed by atoms with E-state index < -0.39 is 56.1 Å². The molecule has 3 N–H and O–H groups in total. The summed E-state index contributed by atoms with van der Waals surface area (Å²) >= 11 is 6.24. The zero-order valence-corrected chi connectivity index (χ0v) is 24.3. The van der Waals surface area contributed by atoms with Crippen LogP contribution in [0.5, 0.6) is 0 Å². The number of anilines is 1. The fourth-order valence-corrected chi connectivity index (χ4v) is 8.17. The first-order chi connectivity index (χ1) is 19.2. The lowest BCUT2D eigenvalue weighted by atomic mass is 9.53. The van der Waals surface area contributed by atoms with Gasteiger partial charge in [-0.15, -0.1) is 0 Å². The molecule has 3 fully saturated rings. The van der Waals surface area contributed by atoms with E-state index >= 15 is 0 Å². The summed E-state index contributed by atoms with van der Waals surface area (Å²) in [5.74, 6) is -6.72. The summed E-state index contributed by atoms with van der Waals surface area (Å²) in [4.78, 5) is 24.8. The van der Waals surface area contributed by atoms with E-state index in [1.54, 1.807) is 6.92 Å². The van der Waals surface area contributed by atoms with Gasteiger partial charge in [0.25, 0.3) is 5.91 Å². The first-order valence-corrected chi connectivity index (χ1v) is 15.2. The number of carbonyl (C=O) groups excluding carboxylic acids is 2. The van der Waals surface area contributed by atoms with Gasteiger partial charge in [-0.1, -0.05) is 25.4 Å². The maximum Gasteiger partial charge on any atom is 0.323 e. The van der Waals surface area contributed by atoms with E-state index in [0.717, 1.165) is 6.07 Å². The third-order valence-electron chi connectivity index (χ3n) is 8.07. The van der Waals surface area contributed by atoms with E-state index in [0.29, 0.717) is 18.6 Å². The largest absolute Gasteiger partial charge is 0.465 e. The van der Waals surface area contributed by atoms with Crippen LogP contribution in [-0.4, -0.2) is 55.4 Å². The predicted octanol–water partition coefficient (Wildman–Crippen LogP) is 4.49. The van der Waals surface area contributed by atoms with Crippen molar-refractivity contribution in [1.82, 2.24) is 5.32 Å². The second-order valence-corrected chi connectivity index (χ2v) is 13.6. The van der Waals surface area contributed by atoms with Crippen molar-refractivity contribution in [3.8, 4) is 0 Å². The average molecular weight is 617 g/mol. The molecule has 8 nitrogen and oxygen atoms in total.